The Morgan fingerprint density at radius 2 is 1.87 bits per heavy atom. The van der Waals surface area contributed by atoms with E-state index in [-0.39, 0.29) is 5.56 Å². The van der Waals surface area contributed by atoms with Crippen molar-refractivity contribution >= 4 is 11.5 Å². The third kappa shape index (κ3) is 2.26. The van der Waals surface area contributed by atoms with Gasteiger partial charge in [-0.05, 0) is 19.1 Å². The summed E-state index contributed by atoms with van der Waals surface area (Å²) in [5.41, 5.74) is 2.56. The zero-order valence-corrected chi connectivity index (χ0v) is 7.65. The lowest BCUT2D eigenvalue weighted by Crippen LogP contribution is -2.12. The van der Waals surface area contributed by atoms with Crippen LogP contribution < -0.4 is 5.73 Å². The van der Waals surface area contributed by atoms with E-state index < -0.39 is 29.0 Å². The monoisotopic (exact) mass is 221 g/mol. The molecule has 0 saturated carbocycles. The maximum atomic E-state index is 13.0. The summed E-state index contributed by atoms with van der Waals surface area (Å²) in [5, 5.41) is 0. The summed E-state index contributed by atoms with van der Waals surface area (Å²) in [4.78, 5) is 10.8. The summed E-state index contributed by atoms with van der Waals surface area (Å²) in [6.45, 7) is 1.08. The zero-order chi connectivity index (χ0) is 11.8. The van der Waals surface area contributed by atoms with Crippen molar-refractivity contribution in [1.82, 2.24) is 0 Å². The molecule has 0 aromatic heterocycles. The number of alkyl halides is 3. The maximum Gasteiger partial charge on any atom is 0.419 e. The number of anilines is 1. The number of carbonyl (C=O) groups excluding carboxylic acids is 1. The van der Waals surface area contributed by atoms with Crippen LogP contribution in [0.25, 0.3) is 0 Å². The lowest BCUT2D eigenvalue weighted by Gasteiger charge is -2.10. The topological polar surface area (TPSA) is 43.1 Å². The van der Waals surface area contributed by atoms with Crippen molar-refractivity contribution in [3.63, 3.8) is 0 Å². The predicted octanol–water partition coefficient (Wildman–Crippen LogP) is 2.63. The van der Waals surface area contributed by atoms with Gasteiger partial charge in [0, 0.05) is 5.56 Å². The van der Waals surface area contributed by atoms with E-state index in [2.05, 4.69) is 0 Å². The second kappa shape index (κ2) is 3.52. The number of Topliss-reactive ketones (excluding diaryl/α,β-unsaturated/α-hetero) is 1. The Hall–Kier alpha value is -1.59. The summed E-state index contributed by atoms with van der Waals surface area (Å²) in [7, 11) is 0. The summed E-state index contributed by atoms with van der Waals surface area (Å²) in [6, 6.07) is 1.33. The third-order valence-electron chi connectivity index (χ3n) is 1.81. The molecule has 0 saturated heterocycles. The standard InChI is InChI=1S/C9H7F4NO/c1-4(15)5-2-6(9(11,12)13)8(10)7(14)3-5/h2-3H,14H2,1H3. The number of ketones is 1. The van der Waals surface area contributed by atoms with E-state index in [1.165, 1.54) is 0 Å². The highest BCUT2D eigenvalue weighted by atomic mass is 19.4. The van der Waals surface area contributed by atoms with Crippen molar-refractivity contribution in [1.29, 1.82) is 0 Å². The molecule has 0 aliphatic carbocycles. The number of nitrogens with two attached hydrogens (primary N) is 1. The molecular formula is C9H7F4NO. The molecule has 0 amide bonds. The smallest absolute Gasteiger partial charge is 0.396 e. The number of hydrogen-bond donors (Lipinski definition) is 1. The van der Waals surface area contributed by atoms with Crippen LogP contribution in [0.5, 0.6) is 0 Å². The molecule has 1 rings (SSSR count). The van der Waals surface area contributed by atoms with Gasteiger partial charge in [-0.2, -0.15) is 13.2 Å². The van der Waals surface area contributed by atoms with Crippen molar-refractivity contribution in [2.75, 3.05) is 5.73 Å². The van der Waals surface area contributed by atoms with Gasteiger partial charge in [-0.1, -0.05) is 0 Å². The maximum absolute atomic E-state index is 13.0. The minimum atomic E-state index is -4.86. The molecule has 0 radical (unpaired) electrons. The lowest BCUT2D eigenvalue weighted by atomic mass is 10.1. The van der Waals surface area contributed by atoms with E-state index >= 15 is 0 Å². The van der Waals surface area contributed by atoms with Crippen LogP contribution in [0, 0.1) is 5.82 Å². The van der Waals surface area contributed by atoms with E-state index in [0.717, 1.165) is 13.0 Å². The van der Waals surface area contributed by atoms with Gasteiger partial charge in [0.25, 0.3) is 0 Å². The van der Waals surface area contributed by atoms with Crippen LogP contribution in [0.3, 0.4) is 0 Å². The molecule has 0 spiro atoms. The molecule has 0 heterocycles. The number of rotatable bonds is 1. The van der Waals surface area contributed by atoms with E-state index in [1.807, 2.05) is 0 Å². The second-order valence-corrected chi connectivity index (χ2v) is 2.98. The molecule has 0 unspecified atom stereocenters. The Morgan fingerprint density at radius 1 is 1.33 bits per heavy atom. The Balaban J connectivity index is 3.45. The van der Waals surface area contributed by atoms with Crippen molar-refractivity contribution in [2.45, 2.75) is 13.1 Å². The fourth-order valence-corrected chi connectivity index (χ4v) is 1.06. The van der Waals surface area contributed by atoms with Crippen LogP contribution in [0.4, 0.5) is 23.2 Å². The molecule has 15 heavy (non-hydrogen) atoms. The first-order valence-electron chi connectivity index (χ1n) is 3.90. The van der Waals surface area contributed by atoms with Crippen LogP contribution >= 0.6 is 0 Å². The molecule has 0 aliphatic rings. The highest BCUT2D eigenvalue weighted by Gasteiger charge is 2.35. The molecular weight excluding hydrogens is 214 g/mol. The van der Waals surface area contributed by atoms with Crippen LogP contribution in [0.15, 0.2) is 12.1 Å². The van der Waals surface area contributed by atoms with Gasteiger partial charge in [-0.25, -0.2) is 4.39 Å². The van der Waals surface area contributed by atoms with Crippen LogP contribution in [0.1, 0.15) is 22.8 Å². The van der Waals surface area contributed by atoms with Gasteiger partial charge in [0.2, 0.25) is 0 Å². The first-order chi connectivity index (χ1) is 6.73. The SMILES string of the molecule is CC(=O)c1cc(N)c(F)c(C(F)(F)F)c1. The van der Waals surface area contributed by atoms with E-state index in [1.54, 1.807) is 0 Å². The number of benzene rings is 1. The number of nitrogen functional groups attached to an aromatic ring is 1. The van der Waals surface area contributed by atoms with Crippen LogP contribution in [0.2, 0.25) is 0 Å². The Kier molecular flexibility index (Phi) is 2.70. The normalized spacial score (nSPS) is 11.5. The van der Waals surface area contributed by atoms with Gasteiger partial charge in [0.1, 0.15) is 0 Å². The van der Waals surface area contributed by atoms with Crippen molar-refractivity contribution in [3.05, 3.63) is 29.1 Å². The first-order valence-corrected chi connectivity index (χ1v) is 3.90. The summed E-state index contributed by atoms with van der Waals surface area (Å²) >= 11 is 0. The molecule has 2 nitrogen and oxygen atoms in total. The Morgan fingerprint density at radius 3 is 2.27 bits per heavy atom. The first kappa shape index (κ1) is 11.5. The van der Waals surface area contributed by atoms with E-state index in [4.69, 9.17) is 5.73 Å². The van der Waals surface area contributed by atoms with Gasteiger partial charge >= 0.3 is 6.18 Å². The number of hydrogen-bond acceptors (Lipinski definition) is 2. The average Bonchev–Trinajstić information content (AvgIpc) is 2.06. The number of carbonyl (C=O) groups is 1. The second-order valence-electron chi connectivity index (χ2n) is 2.98. The van der Waals surface area contributed by atoms with Gasteiger partial charge < -0.3 is 5.73 Å². The molecule has 0 atom stereocenters. The van der Waals surface area contributed by atoms with Crippen LogP contribution in [-0.2, 0) is 6.18 Å². The highest BCUT2D eigenvalue weighted by molar-refractivity contribution is 5.95. The quantitative estimate of drug-likeness (QED) is 0.450. The Bertz CT molecular complexity index is 411. The molecule has 82 valence electrons. The molecule has 6 heteroatoms. The third-order valence-corrected chi connectivity index (χ3v) is 1.81. The van der Waals surface area contributed by atoms with Gasteiger partial charge in [-0.3, -0.25) is 4.79 Å². The largest absolute Gasteiger partial charge is 0.419 e. The van der Waals surface area contributed by atoms with Crippen molar-refractivity contribution in [3.8, 4) is 0 Å². The van der Waals surface area contributed by atoms with Gasteiger partial charge in [-0.15, -0.1) is 0 Å². The Labute approximate surface area is 82.7 Å². The summed E-state index contributed by atoms with van der Waals surface area (Å²) < 4.78 is 49.8. The number of halogens is 4. The van der Waals surface area contributed by atoms with Crippen molar-refractivity contribution in [2.24, 2.45) is 0 Å². The fraction of sp³-hybridized carbons (Fsp3) is 0.222. The molecule has 0 bridgehead atoms. The van der Waals surface area contributed by atoms with Crippen LogP contribution in [-0.4, -0.2) is 5.78 Å². The average molecular weight is 221 g/mol. The van der Waals surface area contributed by atoms with E-state index in [9.17, 15) is 22.4 Å². The lowest BCUT2D eigenvalue weighted by molar-refractivity contribution is -0.139. The van der Waals surface area contributed by atoms with E-state index in [0.29, 0.717) is 6.07 Å². The van der Waals surface area contributed by atoms with Gasteiger partial charge in [0.15, 0.2) is 11.6 Å². The predicted molar refractivity (Wildman–Crippen MR) is 45.8 cm³/mol. The van der Waals surface area contributed by atoms with Crippen molar-refractivity contribution < 1.29 is 22.4 Å². The molecule has 0 aliphatic heterocycles. The summed E-state index contributed by atoms with van der Waals surface area (Å²) in [5.74, 6) is -2.15. The van der Waals surface area contributed by atoms with Gasteiger partial charge in [0.05, 0.1) is 11.3 Å². The zero-order valence-electron chi connectivity index (χ0n) is 7.65. The molecule has 2 N–H and O–H groups in total. The minimum absolute atomic E-state index is 0.263. The minimum Gasteiger partial charge on any atom is -0.396 e. The fourth-order valence-electron chi connectivity index (χ4n) is 1.06. The highest BCUT2D eigenvalue weighted by Crippen LogP contribution is 2.34. The summed E-state index contributed by atoms with van der Waals surface area (Å²) in [6.07, 6.45) is -4.86. The molecule has 1 aromatic carbocycles. The molecule has 0 fully saturated rings. The molecule has 1 aromatic rings.